The molecule has 2 heterocycles. The molecule has 2 aliphatic rings. The van der Waals surface area contributed by atoms with Crippen LogP contribution in [0.3, 0.4) is 0 Å². The lowest BCUT2D eigenvalue weighted by Crippen LogP contribution is -2.44. The summed E-state index contributed by atoms with van der Waals surface area (Å²) in [6, 6.07) is 19.5. The van der Waals surface area contributed by atoms with Crippen LogP contribution < -0.4 is 19.9 Å². The summed E-state index contributed by atoms with van der Waals surface area (Å²) in [5.41, 5.74) is 4.97. The maximum atomic E-state index is 13.8. The minimum atomic E-state index is -0.640. The van der Waals surface area contributed by atoms with E-state index in [1.165, 1.54) is 0 Å². The molecule has 0 radical (unpaired) electrons. The minimum absolute atomic E-state index is 0.0599. The molecular formula is C28H27N3O6. The summed E-state index contributed by atoms with van der Waals surface area (Å²) in [6.07, 6.45) is 0.767. The Balaban J connectivity index is 1.53. The summed E-state index contributed by atoms with van der Waals surface area (Å²) < 4.78 is 11.7. The minimum Gasteiger partial charge on any atom is -0.493 e. The van der Waals surface area contributed by atoms with Crippen LogP contribution in [0.2, 0.25) is 0 Å². The van der Waals surface area contributed by atoms with Gasteiger partial charge in [0.25, 0.3) is 5.91 Å². The van der Waals surface area contributed by atoms with Crippen molar-refractivity contribution in [3.63, 3.8) is 0 Å². The Labute approximate surface area is 214 Å². The van der Waals surface area contributed by atoms with Gasteiger partial charge in [-0.3, -0.25) is 19.6 Å². The van der Waals surface area contributed by atoms with Crippen LogP contribution in [0.5, 0.6) is 11.5 Å². The number of nitrogens with zero attached hydrogens (tertiary/aromatic N) is 2. The van der Waals surface area contributed by atoms with Crippen LogP contribution in [0, 0.1) is 0 Å². The molecule has 9 nitrogen and oxygen atoms in total. The van der Waals surface area contributed by atoms with Crippen LogP contribution in [-0.4, -0.2) is 41.0 Å². The van der Waals surface area contributed by atoms with Gasteiger partial charge in [-0.2, -0.15) is 0 Å². The Kier molecular flexibility index (Phi) is 6.78. The number of hydrogen-bond donors (Lipinski definition) is 2. The maximum absolute atomic E-state index is 13.8. The highest BCUT2D eigenvalue weighted by molar-refractivity contribution is 6.02. The molecule has 1 atom stereocenters. The smallest absolute Gasteiger partial charge is 0.274 e. The van der Waals surface area contributed by atoms with E-state index in [0.29, 0.717) is 42.2 Å². The second-order valence-corrected chi connectivity index (χ2v) is 9.05. The van der Waals surface area contributed by atoms with Crippen molar-refractivity contribution in [3.8, 4) is 11.5 Å². The van der Waals surface area contributed by atoms with Crippen LogP contribution in [0.1, 0.15) is 39.9 Å². The summed E-state index contributed by atoms with van der Waals surface area (Å²) in [7, 11) is 1.54. The number of benzene rings is 3. The molecule has 3 aromatic carbocycles. The third-order valence-electron chi connectivity index (χ3n) is 6.74. The highest BCUT2D eigenvalue weighted by atomic mass is 16.5. The standard InChI is InChI=1S/C28H27N3O6/c1-36-24-14-23-21(13-25(24)37-17-18-6-3-2-4-7-18)16-30-22(10-11-26(30)32)28(34)31(23)15-19-8-5-9-20(12-19)27(33)29-35/h2-9,12-14,22,35H,10-11,15-17H2,1H3,(H,29,33)/t22-/m0/s1. The van der Waals surface area contributed by atoms with Crippen LogP contribution >= 0.6 is 0 Å². The lowest BCUT2D eigenvalue weighted by molar-refractivity contribution is -0.134. The normalized spacial score (nSPS) is 16.6. The quantitative estimate of drug-likeness (QED) is 0.379. The third-order valence-corrected chi connectivity index (χ3v) is 6.74. The molecule has 0 spiro atoms. The van der Waals surface area contributed by atoms with E-state index in [1.807, 2.05) is 36.4 Å². The number of nitrogens with one attached hydrogen (secondary N) is 1. The molecule has 190 valence electrons. The average molecular weight is 502 g/mol. The van der Waals surface area contributed by atoms with Gasteiger partial charge in [-0.15, -0.1) is 0 Å². The number of carbonyl (C=O) groups is 3. The molecule has 37 heavy (non-hydrogen) atoms. The van der Waals surface area contributed by atoms with Crippen molar-refractivity contribution in [2.75, 3.05) is 12.0 Å². The molecule has 3 amide bonds. The number of hydroxylamine groups is 1. The molecule has 0 saturated carbocycles. The van der Waals surface area contributed by atoms with Crippen LogP contribution in [0.25, 0.3) is 0 Å². The van der Waals surface area contributed by atoms with E-state index < -0.39 is 11.9 Å². The number of carbonyl (C=O) groups excluding carboxylic acids is 3. The fourth-order valence-electron chi connectivity index (χ4n) is 4.87. The predicted molar refractivity (Wildman–Crippen MR) is 134 cm³/mol. The fourth-order valence-corrected chi connectivity index (χ4v) is 4.87. The number of fused-ring (bicyclic) bond motifs is 2. The lowest BCUT2D eigenvalue weighted by atomic mass is 10.1. The van der Waals surface area contributed by atoms with Crippen molar-refractivity contribution >= 4 is 23.4 Å². The van der Waals surface area contributed by atoms with E-state index >= 15 is 0 Å². The summed E-state index contributed by atoms with van der Waals surface area (Å²) in [5.74, 6) is 0.0920. The van der Waals surface area contributed by atoms with E-state index in [2.05, 4.69) is 0 Å². The highest BCUT2D eigenvalue weighted by Crippen LogP contribution is 2.41. The molecule has 0 unspecified atom stereocenters. The Morgan fingerprint density at radius 3 is 2.57 bits per heavy atom. The Hall–Kier alpha value is -4.37. The van der Waals surface area contributed by atoms with Crippen molar-refractivity contribution in [2.24, 2.45) is 0 Å². The summed E-state index contributed by atoms with van der Waals surface area (Å²) >= 11 is 0. The number of anilines is 1. The Morgan fingerprint density at radius 1 is 1.03 bits per heavy atom. The predicted octanol–water partition coefficient (Wildman–Crippen LogP) is 3.43. The van der Waals surface area contributed by atoms with Crippen LogP contribution in [-0.2, 0) is 29.3 Å². The molecule has 3 aromatic rings. The van der Waals surface area contributed by atoms with Gasteiger partial charge >= 0.3 is 0 Å². The van der Waals surface area contributed by atoms with Gasteiger partial charge in [-0.1, -0.05) is 42.5 Å². The summed E-state index contributed by atoms with van der Waals surface area (Å²) in [4.78, 5) is 41.6. The average Bonchev–Trinajstić information content (AvgIpc) is 3.25. The van der Waals surface area contributed by atoms with Gasteiger partial charge in [0.15, 0.2) is 11.5 Å². The molecular weight excluding hydrogens is 474 g/mol. The number of rotatable bonds is 7. The van der Waals surface area contributed by atoms with Gasteiger partial charge < -0.3 is 19.3 Å². The zero-order valence-corrected chi connectivity index (χ0v) is 20.3. The molecule has 9 heteroatoms. The summed E-state index contributed by atoms with van der Waals surface area (Å²) in [5, 5.41) is 9.01. The van der Waals surface area contributed by atoms with Gasteiger partial charge in [0.2, 0.25) is 11.8 Å². The van der Waals surface area contributed by atoms with E-state index in [9.17, 15) is 14.4 Å². The molecule has 2 aliphatic heterocycles. The van der Waals surface area contributed by atoms with Crippen molar-refractivity contribution in [1.82, 2.24) is 10.4 Å². The van der Waals surface area contributed by atoms with Crippen molar-refractivity contribution < 1.29 is 29.1 Å². The van der Waals surface area contributed by atoms with Gasteiger partial charge in [0, 0.05) is 24.6 Å². The van der Waals surface area contributed by atoms with E-state index in [1.54, 1.807) is 52.7 Å². The van der Waals surface area contributed by atoms with Crippen LogP contribution in [0.15, 0.2) is 66.7 Å². The van der Waals surface area contributed by atoms with E-state index in [0.717, 1.165) is 11.1 Å². The molecule has 1 fully saturated rings. The van der Waals surface area contributed by atoms with Crippen molar-refractivity contribution in [2.45, 2.75) is 38.6 Å². The SMILES string of the molecule is COc1cc2c(cc1OCc1ccccc1)CN1C(=O)CC[C@H]1C(=O)N2Cc1cccc(C(=O)NO)c1. The molecule has 0 aliphatic carbocycles. The Morgan fingerprint density at radius 2 is 1.81 bits per heavy atom. The first kappa shape index (κ1) is 24.3. The Bertz CT molecular complexity index is 1340. The van der Waals surface area contributed by atoms with Gasteiger partial charge in [-0.05, 0) is 41.3 Å². The molecule has 5 rings (SSSR count). The van der Waals surface area contributed by atoms with Crippen LogP contribution in [0.4, 0.5) is 5.69 Å². The topological polar surface area (TPSA) is 108 Å². The first-order chi connectivity index (χ1) is 18.0. The lowest BCUT2D eigenvalue weighted by Gasteiger charge is -2.26. The molecule has 1 saturated heterocycles. The van der Waals surface area contributed by atoms with Gasteiger partial charge in [0.1, 0.15) is 12.6 Å². The largest absolute Gasteiger partial charge is 0.493 e. The fraction of sp³-hybridized carbons (Fsp3) is 0.250. The second kappa shape index (κ2) is 10.3. The van der Waals surface area contributed by atoms with Crippen molar-refractivity contribution in [3.05, 3.63) is 89.0 Å². The van der Waals surface area contributed by atoms with Crippen molar-refractivity contribution in [1.29, 1.82) is 0 Å². The third kappa shape index (κ3) is 4.85. The van der Waals surface area contributed by atoms with E-state index in [-0.39, 0.29) is 30.5 Å². The first-order valence-electron chi connectivity index (χ1n) is 12.0. The number of amides is 3. The highest BCUT2D eigenvalue weighted by Gasteiger charge is 2.42. The maximum Gasteiger partial charge on any atom is 0.274 e. The zero-order chi connectivity index (χ0) is 25.9. The molecule has 0 aromatic heterocycles. The summed E-state index contributed by atoms with van der Waals surface area (Å²) in [6.45, 7) is 0.785. The number of ether oxygens (including phenoxy) is 2. The van der Waals surface area contributed by atoms with E-state index in [4.69, 9.17) is 14.7 Å². The molecule has 2 N–H and O–H groups in total. The second-order valence-electron chi connectivity index (χ2n) is 9.05. The zero-order valence-electron chi connectivity index (χ0n) is 20.3. The molecule has 0 bridgehead atoms. The van der Waals surface area contributed by atoms with Gasteiger partial charge in [0.05, 0.1) is 19.3 Å². The van der Waals surface area contributed by atoms with Gasteiger partial charge in [-0.25, -0.2) is 5.48 Å². The number of methoxy groups -OCH3 is 1. The monoisotopic (exact) mass is 501 g/mol. The first-order valence-corrected chi connectivity index (χ1v) is 12.0. The number of hydrogen-bond acceptors (Lipinski definition) is 6.